The molecule has 5 heteroatoms. The molecule has 2 rings (SSSR count). The van der Waals surface area contributed by atoms with E-state index in [1.807, 2.05) is 0 Å². The van der Waals surface area contributed by atoms with Gasteiger partial charge in [-0.05, 0) is 32.0 Å². The lowest BCUT2D eigenvalue weighted by atomic mass is 9.96. The molecule has 1 amide bonds. The van der Waals surface area contributed by atoms with Gasteiger partial charge >= 0.3 is 0 Å². The summed E-state index contributed by atoms with van der Waals surface area (Å²) < 4.78 is 13.5. The summed E-state index contributed by atoms with van der Waals surface area (Å²) in [4.78, 5) is 14.2. The third kappa shape index (κ3) is 4.30. The topological polar surface area (TPSA) is 52.6 Å². The van der Waals surface area contributed by atoms with Crippen LogP contribution in [-0.2, 0) is 4.79 Å². The summed E-state index contributed by atoms with van der Waals surface area (Å²) in [6.07, 6.45) is 5.74. The Labute approximate surface area is 130 Å². The molecule has 1 saturated heterocycles. The average molecular weight is 304 g/mol. The summed E-state index contributed by atoms with van der Waals surface area (Å²) in [7, 11) is 0. The van der Waals surface area contributed by atoms with Crippen LogP contribution in [0.25, 0.3) is 0 Å². The molecule has 1 aliphatic heterocycles. The van der Waals surface area contributed by atoms with E-state index in [0.717, 1.165) is 25.9 Å². The standard InChI is InChI=1S/C17H21FN2O2/c1-2-9-20-10-7-13(8-11-20)17(22)19-12-16(21)14-5-3-4-6-15(14)18/h1,3-6,13,16,21H,7-12H2,(H,19,22). The Morgan fingerprint density at radius 3 is 2.77 bits per heavy atom. The molecule has 0 spiro atoms. The molecule has 1 unspecified atom stereocenters. The van der Waals surface area contributed by atoms with Crippen LogP contribution < -0.4 is 5.32 Å². The van der Waals surface area contributed by atoms with E-state index in [1.54, 1.807) is 12.1 Å². The highest BCUT2D eigenvalue weighted by Crippen LogP contribution is 2.18. The summed E-state index contributed by atoms with van der Waals surface area (Å²) in [5.74, 6) is 1.98. The summed E-state index contributed by atoms with van der Waals surface area (Å²) >= 11 is 0. The number of halogens is 1. The van der Waals surface area contributed by atoms with Crippen molar-refractivity contribution in [3.05, 3.63) is 35.6 Å². The van der Waals surface area contributed by atoms with E-state index in [4.69, 9.17) is 6.42 Å². The van der Waals surface area contributed by atoms with Gasteiger partial charge in [-0.2, -0.15) is 0 Å². The molecule has 1 aromatic carbocycles. The number of rotatable bonds is 5. The van der Waals surface area contributed by atoms with E-state index in [0.29, 0.717) is 6.54 Å². The van der Waals surface area contributed by atoms with E-state index in [2.05, 4.69) is 16.1 Å². The van der Waals surface area contributed by atoms with Crippen LogP contribution in [0.1, 0.15) is 24.5 Å². The van der Waals surface area contributed by atoms with Crippen LogP contribution in [0.5, 0.6) is 0 Å². The molecule has 1 aromatic rings. The van der Waals surface area contributed by atoms with Crippen molar-refractivity contribution in [1.29, 1.82) is 0 Å². The monoisotopic (exact) mass is 304 g/mol. The Kier molecular flexibility index (Phi) is 5.93. The summed E-state index contributed by atoms with van der Waals surface area (Å²) in [6, 6.07) is 6.03. The smallest absolute Gasteiger partial charge is 0.223 e. The first-order chi connectivity index (χ1) is 10.6. The quantitative estimate of drug-likeness (QED) is 0.807. The minimum atomic E-state index is -1.04. The van der Waals surface area contributed by atoms with Gasteiger partial charge in [0.1, 0.15) is 5.82 Å². The van der Waals surface area contributed by atoms with Crippen LogP contribution in [0.15, 0.2) is 24.3 Å². The Bertz CT molecular complexity index is 548. The van der Waals surface area contributed by atoms with Crippen molar-refractivity contribution in [3.63, 3.8) is 0 Å². The van der Waals surface area contributed by atoms with E-state index in [9.17, 15) is 14.3 Å². The minimum Gasteiger partial charge on any atom is -0.386 e. The predicted molar refractivity (Wildman–Crippen MR) is 82.4 cm³/mol. The van der Waals surface area contributed by atoms with Crippen LogP contribution in [-0.4, -0.2) is 42.1 Å². The highest BCUT2D eigenvalue weighted by atomic mass is 19.1. The highest BCUT2D eigenvalue weighted by molar-refractivity contribution is 5.78. The van der Waals surface area contributed by atoms with Crippen molar-refractivity contribution < 1.29 is 14.3 Å². The number of aliphatic hydroxyl groups is 1. The molecule has 1 fully saturated rings. The van der Waals surface area contributed by atoms with Crippen LogP contribution in [0, 0.1) is 24.1 Å². The molecule has 2 N–H and O–H groups in total. The molecule has 22 heavy (non-hydrogen) atoms. The van der Waals surface area contributed by atoms with Crippen LogP contribution >= 0.6 is 0 Å². The molecular formula is C17H21FN2O2. The number of nitrogens with zero attached hydrogens (tertiary/aromatic N) is 1. The number of carbonyl (C=O) groups is 1. The molecule has 0 bridgehead atoms. The molecule has 0 saturated carbocycles. The lowest BCUT2D eigenvalue weighted by Gasteiger charge is -2.30. The molecule has 118 valence electrons. The molecule has 0 radical (unpaired) electrons. The maximum Gasteiger partial charge on any atom is 0.223 e. The molecule has 1 heterocycles. The summed E-state index contributed by atoms with van der Waals surface area (Å²) in [5.41, 5.74) is 0.201. The maximum absolute atomic E-state index is 13.5. The van der Waals surface area contributed by atoms with E-state index in [-0.39, 0.29) is 23.9 Å². The number of hydrogen-bond acceptors (Lipinski definition) is 3. The molecule has 1 aliphatic rings. The molecule has 4 nitrogen and oxygen atoms in total. The second-order valence-corrected chi connectivity index (χ2v) is 5.54. The van der Waals surface area contributed by atoms with Crippen molar-refractivity contribution in [3.8, 4) is 12.3 Å². The van der Waals surface area contributed by atoms with Gasteiger partial charge in [0, 0.05) is 18.0 Å². The summed E-state index contributed by atoms with van der Waals surface area (Å²) in [6.45, 7) is 2.24. The molecular weight excluding hydrogens is 283 g/mol. The van der Waals surface area contributed by atoms with E-state index in [1.165, 1.54) is 12.1 Å². The highest BCUT2D eigenvalue weighted by Gasteiger charge is 2.25. The lowest BCUT2D eigenvalue weighted by molar-refractivity contribution is -0.126. The van der Waals surface area contributed by atoms with Gasteiger partial charge in [-0.25, -0.2) is 4.39 Å². The molecule has 0 aromatic heterocycles. The number of hydrogen-bond donors (Lipinski definition) is 2. The van der Waals surface area contributed by atoms with Gasteiger partial charge in [-0.15, -0.1) is 6.42 Å². The van der Waals surface area contributed by atoms with Crippen LogP contribution in [0.3, 0.4) is 0 Å². The number of terminal acetylenes is 1. The van der Waals surface area contributed by atoms with Gasteiger partial charge < -0.3 is 10.4 Å². The summed E-state index contributed by atoms with van der Waals surface area (Å²) in [5, 5.41) is 12.7. The number of likely N-dealkylation sites (tertiary alicyclic amines) is 1. The zero-order chi connectivity index (χ0) is 15.9. The van der Waals surface area contributed by atoms with Crippen LogP contribution in [0.2, 0.25) is 0 Å². The van der Waals surface area contributed by atoms with Crippen molar-refractivity contribution in [1.82, 2.24) is 10.2 Å². The number of benzene rings is 1. The number of carbonyl (C=O) groups excluding carboxylic acids is 1. The number of nitrogens with one attached hydrogen (secondary N) is 1. The Morgan fingerprint density at radius 2 is 2.14 bits per heavy atom. The van der Waals surface area contributed by atoms with Gasteiger partial charge in [0.25, 0.3) is 0 Å². The second-order valence-electron chi connectivity index (χ2n) is 5.54. The molecule has 1 atom stereocenters. The number of amides is 1. The normalized spacial score (nSPS) is 17.7. The Hall–Kier alpha value is -1.90. The van der Waals surface area contributed by atoms with Gasteiger partial charge in [-0.1, -0.05) is 24.1 Å². The first-order valence-corrected chi connectivity index (χ1v) is 7.48. The fourth-order valence-corrected chi connectivity index (χ4v) is 2.68. The van der Waals surface area contributed by atoms with E-state index < -0.39 is 11.9 Å². The van der Waals surface area contributed by atoms with Gasteiger partial charge in [0.15, 0.2) is 0 Å². The van der Waals surface area contributed by atoms with Crippen molar-refractivity contribution in [2.45, 2.75) is 18.9 Å². The fraction of sp³-hybridized carbons (Fsp3) is 0.471. The second kappa shape index (κ2) is 7.92. The third-order valence-electron chi connectivity index (χ3n) is 4.01. The van der Waals surface area contributed by atoms with Gasteiger partial charge in [0.05, 0.1) is 12.6 Å². The Balaban J connectivity index is 1.79. The van der Waals surface area contributed by atoms with Gasteiger partial charge in [0.2, 0.25) is 5.91 Å². The zero-order valence-corrected chi connectivity index (χ0v) is 12.5. The van der Waals surface area contributed by atoms with E-state index >= 15 is 0 Å². The lowest BCUT2D eigenvalue weighted by Crippen LogP contribution is -2.41. The van der Waals surface area contributed by atoms with Crippen molar-refractivity contribution >= 4 is 5.91 Å². The van der Waals surface area contributed by atoms with Crippen LogP contribution in [0.4, 0.5) is 4.39 Å². The largest absolute Gasteiger partial charge is 0.386 e. The SMILES string of the molecule is C#CCN1CCC(C(=O)NCC(O)c2ccccc2F)CC1. The average Bonchev–Trinajstić information content (AvgIpc) is 2.54. The maximum atomic E-state index is 13.5. The number of piperidine rings is 1. The minimum absolute atomic E-state index is 0.0182. The van der Waals surface area contributed by atoms with Gasteiger partial charge in [-0.3, -0.25) is 9.69 Å². The van der Waals surface area contributed by atoms with Crippen molar-refractivity contribution in [2.24, 2.45) is 5.92 Å². The van der Waals surface area contributed by atoms with Crippen molar-refractivity contribution in [2.75, 3.05) is 26.2 Å². The zero-order valence-electron chi connectivity index (χ0n) is 12.5. The first-order valence-electron chi connectivity index (χ1n) is 7.48. The Morgan fingerprint density at radius 1 is 1.45 bits per heavy atom. The predicted octanol–water partition coefficient (Wildman–Crippen LogP) is 1.32. The first kappa shape index (κ1) is 16.5. The fourth-order valence-electron chi connectivity index (χ4n) is 2.68. The number of aliphatic hydroxyl groups excluding tert-OH is 1. The third-order valence-corrected chi connectivity index (χ3v) is 4.01. The molecule has 0 aliphatic carbocycles.